The van der Waals surface area contributed by atoms with Crippen LogP contribution in [0, 0.1) is 60.3 Å². The molecule has 0 heteroatoms. The summed E-state index contributed by atoms with van der Waals surface area (Å²) in [5.74, 6) is 2.04. The fourth-order valence-corrected chi connectivity index (χ4v) is 3.59. The van der Waals surface area contributed by atoms with Crippen LogP contribution in [0.15, 0.2) is 66.7 Å². The molecular formula is C34H52. The third-order valence-corrected chi connectivity index (χ3v) is 6.40. The van der Waals surface area contributed by atoms with Gasteiger partial charge in [0, 0.05) is 0 Å². The van der Waals surface area contributed by atoms with Crippen molar-refractivity contribution in [2.24, 2.45) is 11.8 Å². The van der Waals surface area contributed by atoms with Gasteiger partial charge in [0.05, 0.1) is 0 Å². The summed E-state index contributed by atoms with van der Waals surface area (Å²) in [7, 11) is 0. The van der Waals surface area contributed by atoms with Crippen LogP contribution < -0.4 is 0 Å². The Hall–Kier alpha value is -2.34. The quantitative estimate of drug-likeness (QED) is 0.313. The van der Waals surface area contributed by atoms with Gasteiger partial charge in [-0.3, -0.25) is 0 Å². The molecule has 0 bridgehead atoms. The van der Waals surface area contributed by atoms with Gasteiger partial charge in [-0.15, -0.1) is 0 Å². The molecule has 34 heavy (non-hydrogen) atoms. The van der Waals surface area contributed by atoms with Crippen molar-refractivity contribution < 1.29 is 0 Å². The first-order chi connectivity index (χ1) is 15.6. The van der Waals surface area contributed by atoms with E-state index in [9.17, 15) is 0 Å². The molecule has 1 saturated carbocycles. The summed E-state index contributed by atoms with van der Waals surface area (Å²) in [6, 6.07) is 23.5. The third kappa shape index (κ3) is 14.7. The van der Waals surface area contributed by atoms with Gasteiger partial charge in [0.15, 0.2) is 0 Å². The van der Waals surface area contributed by atoms with E-state index >= 15 is 0 Å². The molecule has 3 aromatic carbocycles. The summed E-state index contributed by atoms with van der Waals surface area (Å²) in [5, 5.41) is 0. The highest BCUT2D eigenvalue weighted by atomic mass is 14.2. The third-order valence-electron chi connectivity index (χ3n) is 6.40. The van der Waals surface area contributed by atoms with Crippen LogP contribution in [-0.4, -0.2) is 0 Å². The largest absolute Gasteiger partial charge is 0.0776 e. The normalized spacial score (nSPS) is 16.3. The van der Waals surface area contributed by atoms with Crippen LogP contribution in [0.1, 0.15) is 85.9 Å². The van der Waals surface area contributed by atoms with Crippen molar-refractivity contribution in [3.63, 3.8) is 0 Å². The van der Waals surface area contributed by atoms with Crippen molar-refractivity contribution in [1.82, 2.24) is 0 Å². The molecule has 3 aromatic rings. The van der Waals surface area contributed by atoms with Crippen LogP contribution in [0.25, 0.3) is 0 Å². The first-order valence-corrected chi connectivity index (χ1v) is 12.7. The maximum atomic E-state index is 2.37. The SMILES string of the molecule is C.CC1CCC(C)CC1.Cc1ccc(C)c(C)c1.Cc1ccc(C)cc1.Cc1ccc(C)cc1. The number of hydrogen-bond donors (Lipinski definition) is 0. The second-order valence-electron chi connectivity index (χ2n) is 10.3. The van der Waals surface area contributed by atoms with Crippen molar-refractivity contribution in [2.45, 2.75) is 95.4 Å². The Labute approximate surface area is 212 Å². The molecular weight excluding hydrogens is 408 g/mol. The Morgan fingerprint density at radius 1 is 0.412 bits per heavy atom. The number of benzene rings is 3. The molecule has 0 spiro atoms. The van der Waals surface area contributed by atoms with Gasteiger partial charge in [-0.25, -0.2) is 0 Å². The van der Waals surface area contributed by atoms with Crippen molar-refractivity contribution in [3.05, 3.63) is 106 Å². The van der Waals surface area contributed by atoms with Crippen LogP contribution in [0.5, 0.6) is 0 Å². The summed E-state index contributed by atoms with van der Waals surface area (Å²) in [6.45, 7) is 19.5. The van der Waals surface area contributed by atoms with Gasteiger partial charge >= 0.3 is 0 Å². The Bertz CT molecular complexity index is 796. The van der Waals surface area contributed by atoms with Crippen LogP contribution >= 0.6 is 0 Å². The molecule has 0 aliphatic heterocycles. The lowest BCUT2D eigenvalue weighted by Gasteiger charge is -2.22. The van der Waals surface area contributed by atoms with Gasteiger partial charge in [-0.1, -0.05) is 142 Å². The zero-order chi connectivity index (χ0) is 24.8. The maximum Gasteiger partial charge on any atom is -0.0395 e. The maximum absolute atomic E-state index is 2.37. The van der Waals surface area contributed by atoms with Crippen molar-refractivity contribution >= 4 is 0 Å². The molecule has 0 N–H and O–H groups in total. The summed E-state index contributed by atoms with van der Waals surface area (Å²) in [4.78, 5) is 0. The molecule has 0 unspecified atom stereocenters. The topological polar surface area (TPSA) is 0 Å². The molecule has 1 aliphatic rings. The zero-order valence-corrected chi connectivity index (χ0v) is 22.8. The second-order valence-corrected chi connectivity index (χ2v) is 10.3. The van der Waals surface area contributed by atoms with E-state index in [0.717, 1.165) is 11.8 Å². The zero-order valence-electron chi connectivity index (χ0n) is 22.8. The predicted octanol–water partition coefficient (Wildman–Crippen LogP) is 10.7. The van der Waals surface area contributed by atoms with Gasteiger partial charge in [-0.05, 0) is 71.4 Å². The van der Waals surface area contributed by atoms with Gasteiger partial charge in [0.1, 0.15) is 0 Å². The fourth-order valence-electron chi connectivity index (χ4n) is 3.59. The van der Waals surface area contributed by atoms with Crippen LogP contribution in [0.2, 0.25) is 0 Å². The van der Waals surface area contributed by atoms with E-state index in [-0.39, 0.29) is 7.43 Å². The summed E-state index contributed by atoms with van der Waals surface area (Å²) in [5.41, 5.74) is 9.42. The average Bonchev–Trinajstić information content (AvgIpc) is 2.79. The minimum Gasteiger partial charge on any atom is -0.0776 e. The Morgan fingerprint density at radius 3 is 0.912 bits per heavy atom. The predicted molar refractivity (Wildman–Crippen MR) is 156 cm³/mol. The Balaban J connectivity index is 0.000000423. The highest BCUT2D eigenvalue weighted by Gasteiger charge is 2.13. The van der Waals surface area contributed by atoms with E-state index < -0.39 is 0 Å². The molecule has 0 aromatic heterocycles. The minimum atomic E-state index is 0. The lowest BCUT2D eigenvalue weighted by molar-refractivity contribution is 0.308. The molecule has 1 fully saturated rings. The molecule has 0 heterocycles. The Morgan fingerprint density at radius 2 is 0.676 bits per heavy atom. The molecule has 0 atom stereocenters. The van der Waals surface area contributed by atoms with Gasteiger partial charge in [0.25, 0.3) is 0 Å². The van der Waals surface area contributed by atoms with Crippen LogP contribution in [0.4, 0.5) is 0 Å². The van der Waals surface area contributed by atoms with E-state index in [1.165, 1.54) is 64.6 Å². The first-order valence-electron chi connectivity index (χ1n) is 12.7. The van der Waals surface area contributed by atoms with E-state index in [1.807, 2.05) is 0 Å². The van der Waals surface area contributed by atoms with Gasteiger partial charge < -0.3 is 0 Å². The van der Waals surface area contributed by atoms with Crippen molar-refractivity contribution in [1.29, 1.82) is 0 Å². The number of aryl methyl sites for hydroxylation is 7. The lowest BCUT2D eigenvalue weighted by atomic mass is 9.84. The van der Waals surface area contributed by atoms with E-state index in [1.54, 1.807) is 0 Å². The van der Waals surface area contributed by atoms with Gasteiger partial charge in [-0.2, -0.15) is 0 Å². The van der Waals surface area contributed by atoms with E-state index in [0.29, 0.717) is 0 Å². The summed E-state index contributed by atoms with van der Waals surface area (Å²) in [6.07, 6.45) is 5.89. The first kappa shape index (κ1) is 31.7. The molecule has 188 valence electrons. The second kappa shape index (κ2) is 17.1. The molecule has 0 amide bonds. The number of hydrogen-bond acceptors (Lipinski definition) is 0. The monoisotopic (exact) mass is 460 g/mol. The summed E-state index contributed by atoms with van der Waals surface area (Å²) < 4.78 is 0. The lowest BCUT2D eigenvalue weighted by Crippen LogP contribution is -2.08. The highest BCUT2D eigenvalue weighted by Crippen LogP contribution is 2.27. The molecule has 0 saturated heterocycles. The van der Waals surface area contributed by atoms with Gasteiger partial charge in [0.2, 0.25) is 0 Å². The smallest absolute Gasteiger partial charge is 0.0395 e. The highest BCUT2D eigenvalue weighted by molar-refractivity contribution is 5.28. The van der Waals surface area contributed by atoms with E-state index in [4.69, 9.17) is 0 Å². The fraction of sp³-hybridized carbons (Fsp3) is 0.471. The average molecular weight is 461 g/mol. The Kier molecular flexibility index (Phi) is 16.0. The molecule has 0 nitrogen and oxygen atoms in total. The van der Waals surface area contributed by atoms with Crippen LogP contribution in [-0.2, 0) is 0 Å². The standard InChI is InChI=1S/C9H12.C8H16.2C8H10.CH4/c1-7-4-5-8(2)9(3)6-7;3*1-7-3-5-8(2)6-4-7;/h4-6H,1-3H3;7-8H,3-6H2,1-2H3;2*3-6H,1-2H3;1H4. The molecule has 4 rings (SSSR count). The molecule has 0 radical (unpaired) electrons. The summed E-state index contributed by atoms with van der Waals surface area (Å²) >= 11 is 0. The molecule has 1 aliphatic carbocycles. The van der Waals surface area contributed by atoms with Crippen molar-refractivity contribution in [3.8, 4) is 0 Å². The van der Waals surface area contributed by atoms with Crippen molar-refractivity contribution in [2.75, 3.05) is 0 Å². The minimum absolute atomic E-state index is 0. The van der Waals surface area contributed by atoms with E-state index in [2.05, 4.69) is 129 Å². The van der Waals surface area contributed by atoms with Crippen LogP contribution in [0.3, 0.4) is 0 Å². The number of rotatable bonds is 0.